The molecule has 4 rings (SSSR count). The molecule has 0 spiro atoms. The molecular formula is C22H23FN4O2. The lowest BCUT2D eigenvalue weighted by Crippen LogP contribution is -2.40. The maximum atomic E-state index is 14.5. The third-order valence-electron chi connectivity index (χ3n) is 5.57. The Kier molecular flexibility index (Phi) is 5.29. The van der Waals surface area contributed by atoms with E-state index >= 15 is 0 Å². The second-order valence-corrected chi connectivity index (χ2v) is 7.44. The van der Waals surface area contributed by atoms with Crippen LogP contribution in [0.25, 0.3) is 0 Å². The summed E-state index contributed by atoms with van der Waals surface area (Å²) in [7, 11) is 0. The predicted octanol–water partition coefficient (Wildman–Crippen LogP) is 2.86. The Morgan fingerprint density at radius 1 is 1.41 bits per heavy atom. The number of anilines is 1. The van der Waals surface area contributed by atoms with E-state index in [4.69, 9.17) is 10.5 Å². The number of carbonyl (C=O) groups excluding carboxylic acids is 1. The van der Waals surface area contributed by atoms with Crippen LogP contribution >= 0.6 is 0 Å². The number of amides is 1. The molecule has 6 nitrogen and oxygen atoms in total. The van der Waals surface area contributed by atoms with E-state index in [-0.39, 0.29) is 17.7 Å². The van der Waals surface area contributed by atoms with E-state index in [2.05, 4.69) is 21.9 Å². The first kappa shape index (κ1) is 19.1. The molecule has 1 aromatic carbocycles. The number of benzene rings is 1. The number of primary amides is 1. The number of nitrogens with zero attached hydrogens (tertiary/aromatic N) is 2. The summed E-state index contributed by atoms with van der Waals surface area (Å²) in [5, 5.41) is 3.14. The van der Waals surface area contributed by atoms with Crippen LogP contribution in [0.1, 0.15) is 17.8 Å². The maximum absolute atomic E-state index is 14.5. The minimum atomic E-state index is -0.564. The van der Waals surface area contributed by atoms with Crippen molar-refractivity contribution in [1.29, 1.82) is 0 Å². The van der Waals surface area contributed by atoms with Crippen LogP contribution in [0.5, 0.6) is 5.75 Å². The summed E-state index contributed by atoms with van der Waals surface area (Å²) in [6.07, 6.45) is 7.93. The first-order valence-electron chi connectivity index (χ1n) is 9.63. The van der Waals surface area contributed by atoms with Crippen molar-refractivity contribution in [2.75, 3.05) is 11.9 Å². The Bertz CT molecular complexity index is 962. The van der Waals surface area contributed by atoms with Crippen molar-refractivity contribution in [2.24, 2.45) is 23.5 Å². The zero-order chi connectivity index (χ0) is 20.4. The SMILES string of the molecule is C=CC1CC2/C=C\COc3cccc(c3)Cc3ncc(F)c(n3)N[C@H]2[C@H]1C(N)=O. The molecule has 2 unspecified atom stereocenters. The highest BCUT2D eigenvalue weighted by Gasteiger charge is 2.44. The van der Waals surface area contributed by atoms with Gasteiger partial charge in [0.2, 0.25) is 5.91 Å². The van der Waals surface area contributed by atoms with Crippen LogP contribution in [0, 0.1) is 23.6 Å². The number of rotatable bonds is 2. The van der Waals surface area contributed by atoms with Crippen molar-refractivity contribution < 1.29 is 13.9 Å². The zero-order valence-corrected chi connectivity index (χ0v) is 15.9. The normalized spacial score (nSPS) is 26.9. The lowest BCUT2D eigenvalue weighted by Gasteiger charge is -2.25. The number of carbonyl (C=O) groups is 1. The lowest BCUT2D eigenvalue weighted by atomic mass is 9.92. The summed E-state index contributed by atoms with van der Waals surface area (Å²) in [4.78, 5) is 20.7. The van der Waals surface area contributed by atoms with Gasteiger partial charge >= 0.3 is 0 Å². The highest BCUT2D eigenvalue weighted by atomic mass is 19.1. The smallest absolute Gasteiger partial charge is 0.223 e. The lowest BCUT2D eigenvalue weighted by molar-refractivity contribution is -0.122. The van der Waals surface area contributed by atoms with E-state index in [1.807, 2.05) is 36.4 Å². The fraction of sp³-hybridized carbons (Fsp3) is 0.318. The average molecular weight is 394 g/mol. The fourth-order valence-electron chi connectivity index (χ4n) is 4.22. The fourth-order valence-corrected chi connectivity index (χ4v) is 4.22. The van der Waals surface area contributed by atoms with Gasteiger partial charge in [-0.05, 0) is 36.0 Å². The van der Waals surface area contributed by atoms with Crippen molar-refractivity contribution in [3.05, 3.63) is 72.5 Å². The molecule has 1 aromatic heterocycles. The van der Waals surface area contributed by atoms with Crippen LogP contribution < -0.4 is 15.8 Å². The van der Waals surface area contributed by atoms with Crippen LogP contribution in [-0.4, -0.2) is 28.5 Å². The largest absolute Gasteiger partial charge is 0.490 e. The van der Waals surface area contributed by atoms with Gasteiger partial charge in [0.15, 0.2) is 11.6 Å². The predicted molar refractivity (Wildman–Crippen MR) is 108 cm³/mol. The quantitative estimate of drug-likeness (QED) is 0.765. The van der Waals surface area contributed by atoms with Gasteiger partial charge in [0.05, 0.1) is 12.1 Å². The van der Waals surface area contributed by atoms with Gasteiger partial charge in [-0.25, -0.2) is 14.4 Å². The van der Waals surface area contributed by atoms with Gasteiger partial charge in [0.25, 0.3) is 0 Å². The van der Waals surface area contributed by atoms with Crippen LogP contribution in [-0.2, 0) is 11.2 Å². The van der Waals surface area contributed by atoms with Gasteiger partial charge in [-0.3, -0.25) is 4.79 Å². The molecule has 0 saturated heterocycles. The Hall–Kier alpha value is -3.22. The summed E-state index contributed by atoms with van der Waals surface area (Å²) in [6.45, 7) is 4.24. The van der Waals surface area contributed by atoms with Crippen LogP contribution in [0.3, 0.4) is 0 Å². The topological polar surface area (TPSA) is 90.1 Å². The molecule has 1 aliphatic carbocycles. The first-order valence-corrected chi connectivity index (χ1v) is 9.63. The molecule has 29 heavy (non-hydrogen) atoms. The molecule has 1 saturated carbocycles. The molecule has 1 amide bonds. The Balaban J connectivity index is 1.76. The Morgan fingerprint density at radius 3 is 3.07 bits per heavy atom. The monoisotopic (exact) mass is 394 g/mol. The second kappa shape index (κ2) is 8.03. The van der Waals surface area contributed by atoms with Crippen molar-refractivity contribution in [3.8, 4) is 5.75 Å². The van der Waals surface area contributed by atoms with Crippen LogP contribution in [0.2, 0.25) is 0 Å². The molecule has 4 atom stereocenters. The van der Waals surface area contributed by atoms with E-state index in [1.165, 1.54) is 0 Å². The standard InChI is InChI=1S/C22H23FN4O2/c1-2-14-11-15-6-4-8-29-16-7-3-5-13(9-16)10-18-25-12-17(23)22(26-18)27-20(15)19(14)21(24)28/h2-7,9,12,14-15,19-20H,1,8,10-11H2,(H2,24,28)(H,25,26,27)/b6-4-/t14?,15?,19-,20+/m0/s1. The van der Waals surface area contributed by atoms with Gasteiger partial charge in [0.1, 0.15) is 18.2 Å². The number of fused-ring (bicyclic) bond motifs is 5. The van der Waals surface area contributed by atoms with E-state index in [9.17, 15) is 9.18 Å². The second-order valence-electron chi connectivity index (χ2n) is 7.44. The summed E-state index contributed by atoms with van der Waals surface area (Å²) < 4.78 is 20.3. The maximum Gasteiger partial charge on any atom is 0.223 e. The number of nitrogens with one attached hydrogen (secondary N) is 1. The molecule has 1 aliphatic heterocycles. The van der Waals surface area contributed by atoms with E-state index in [0.29, 0.717) is 25.3 Å². The summed E-state index contributed by atoms with van der Waals surface area (Å²) in [6, 6.07) is 7.26. The number of halogens is 1. The Morgan fingerprint density at radius 2 is 2.28 bits per heavy atom. The molecule has 3 N–H and O–H groups in total. The van der Waals surface area contributed by atoms with E-state index in [1.54, 1.807) is 6.08 Å². The van der Waals surface area contributed by atoms with Crippen molar-refractivity contribution in [2.45, 2.75) is 18.9 Å². The highest BCUT2D eigenvalue weighted by molar-refractivity contribution is 5.79. The van der Waals surface area contributed by atoms with E-state index < -0.39 is 23.7 Å². The number of allylic oxidation sites excluding steroid dienone is 1. The van der Waals surface area contributed by atoms with Crippen molar-refractivity contribution in [1.82, 2.24) is 9.97 Å². The minimum absolute atomic E-state index is 0.0498. The summed E-state index contributed by atoms with van der Waals surface area (Å²) in [5.41, 5.74) is 6.65. The molecule has 7 heteroatoms. The Labute approximate surface area is 168 Å². The number of nitrogens with two attached hydrogens (primary N) is 1. The van der Waals surface area contributed by atoms with Gasteiger partial charge in [-0.2, -0.15) is 0 Å². The van der Waals surface area contributed by atoms with Crippen LogP contribution in [0.15, 0.2) is 55.3 Å². The average Bonchev–Trinajstić information content (AvgIpc) is 3.05. The molecule has 2 aliphatic rings. The van der Waals surface area contributed by atoms with Gasteiger partial charge in [-0.1, -0.05) is 30.4 Å². The number of aromatic nitrogens is 2. The molecular weight excluding hydrogens is 371 g/mol. The molecule has 2 aromatic rings. The van der Waals surface area contributed by atoms with Gasteiger partial charge in [0, 0.05) is 12.5 Å². The van der Waals surface area contributed by atoms with Crippen molar-refractivity contribution in [3.63, 3.8) is 0 Å². The number of hydrogen-bond donors (Lipinski definition) is 2. The summed E-state index contributed by atoms with van der Waals surface area (Å²) >= 11 is 0. The van der Waals surface area contributed by atoms with E-state index in [0.717, 1.165) is 17.5 Å². The number of hydrogen-bond acceptors (Lipinski definition) is 5. The minimum Gasteiger partial charge on any atom is -0.490 e. The molecule has 1 fully saturated rings. The van der Waals surface area contributed by atoms with Crippen LogP contribution in [0.4, 0.5) is 10.2 Å². The molecule has 150 valence electrons. The summed E-state index contributed by atoms with van der Waals surface area (Å²) in [5.74, 6) is -0.367. The molecule has 4 bridgehead atoms. The molecule has 0 radical (unpaired) electrons. The zero-order valence-electron chi connectivity index (χ0n) is 15.9. The van der Waals surface area contributed by atoms with Gasteiger partial charge in [-0.15, -0.1) is 6.58 Å². The van der Waals surface area contributed by atoms with Crippen molar-refractivity contribution >= 4 is 11.7 Å². The highest BCUT2D eigenvalue weighted by Crippen LogP contribution is 2.40. The van der Waals surface area contributed by atoms with Gasteiger partial charge < -0.3 is 15.8 Å². The first-order chi connectivity index (χ1) is 14.0. The third kappa shape index (κ3) is 3.99. The molecule has 2 heterocycles. The number of ether oxygens (including phenoxy) is 1. The third-order valence-corrected chi connectivity index (χ3v) is 5.57.